The number of aromatic nitrogens is 3. The van der Waals surface area contributed by atoms with Gasteiger partial charge in [0.05, 0.1) is 23.2 Å². The first-order valence-electron chi connectivity index (χ1n) is 10.2. The first kappa shape index (κ1) is 19.8. The Labute approximate surface area is 187 Å². The molecule has 0 radical (unpaired) electrons. The van der Waals surface area contributed by atoms with E-state index in [0.717, 1.165) is 36.8 Å². The third-order valence-electron chi connectivity index (χ3n) is 5.33. The predicted molar refractivity (Wildman–Crippen MR) is 122 cm³/mol. The van der Waals surface area contributed by atoms with Crippen LogP contribution in [-0.4, -0.2) is 26.7 Å². The zero-order chi connectivity index (χ0) is 21.2. The molecular weight excluding hydrogens is 428 g/mol. The summed E-state index contributed by atoms with van der Waals surface area (Å²) in [6, 6.07) is 13.6. The molecule has 1 amide bonds. The van der Waals surface area contributed by atoms with Gasteiger partial charge in [-0.05, 0) is 48.3 Å². The summed E-state index contributed by atoms with van der Waals surface area (Å²) in [6.07, 6.45) is 5.64. The first-order chi connectivity index (χ1) is 15.2. The van der Waals surface area contributed by atoms with Crippen LogP contribution in [0.3, 0.4) is 0 Å². The van der Waals surface area contributed by atoms with Crippen LogP contribution in [0, 0.1) is 0 Å². The van der Waals surface area contributed by atoms with Crippen LogP contribution < -0.4 is 5.32 Å². The predicted octanol–water partition coefficient (Wildman–Crippen LogP) is 4.81. The van der Waals surface area contributed by atoms with Gasteiger partial charge in [-0.1, -0.05) is 41.6 Å². The average molecular weight is 449 g/mol. The van der Waals surface area contributed by atoms with E-state index in [4.69, 9.17) is 0 Å². The molecule has 1 aromatic carbocycles. The number of benzene rings is 1. The molecule has 1 aliphatic carbocycles. The van der Waals surface area contributed by atoms with E-state index in [9.17, 15) is 9.59 Å². The Morgan fingerprint density at radius 2 is 1.90 bits per heavy atom. The minimum atomic E-state index is -0.349. The van der Waals surface area contributed by atoms with Gasteiger partial charge in [-0.2, -0.15) is 0 Å². The number of nitrogens with one attached hydrogen (secondary N) is 1. The first-order valence-corrected chi connectivity index (χ1v) is 11.9. The molecule has 0 fully saturated rings. The molecule has 3 aromatic heterocycles. The fourth-order valence-electron chi connectivity index (χ4n) is 3.84. The summed E-state index contributed by atoms with van der Waals surface area (Å²) in [7, 11) is 0. The Hall–Kier alpha value is -3.10. The molecule has 0 atom stereocenters. The van der Waals surface area contributed by atoms with Crippen molar-refractivity contribution in [3.05, 3.63) is 86.2 Å². The number of carbonyl (C=O) groups excluding carboxylic acids is 2. The van der Waals surface area contributed by atoms with E-state index >= 15 is 0 Å². The second-order valence-corrected chi connectivity index (χ2v) is 9.52. The summed E-state index contributed by atoms with van der Waals surface area (Å²) < 4.78 is 1.64. The second kappa shape index (κ2) is 8.56. The summed E-state index contributed by atoms with van der Waals surface area (Å²) in [6.45, 7) is 0.538. The minimum absolute atomic E-state index is 0.0163. The van der Waals surface area contributed by atoms with Gasteiger partial charge in [-0.3, -0.25) is 9.59 Å². The van der Waals surface area contributed by atoms with Crippen molar-refractivity contribution in [2.24, 2.45) is 0 Å². The standard InChI is InChI=1S/C23H20N4O2S2/c28-21(19-11-6-12-30-19)20-16-9-4-5-10-18(16)31-23(20)24-22(29)17-14-27(26-25-17)13-15-7-2-1-3-8-15/h1-3,6-8,11-12,14H,4-5,9-10,13H2,(H,24,29). The summed E-state index contributed by atoms with van der Waals surface area (Å²) in [4.78, 5) is 28.0. The van der Waals surface area contributed by atoms with Crippen molar-refractivity contribution in [2.75, 3.05) is 5.32 Å². The molecule has 0 saturated carbocycles. The van der Waals surface area contributed by atoms with E-state index in [1.807, 2.05) is 47.8 Å². The smallest absolute Gasteiger partial charge is 0.278 e. The highest BCUT2D eigenvalue weighted by Crippen LogP contribution is 2.40. The number of ketones is 1. The van der Waals surface area contributed by atoms with E-state index in [2.05, 4.69) is 15.6 Å². The molecule has 1 aliphatic rings. The molecule has 6 nitrogen and oxygen atoms in total. The van der Waals surface area contributed by atoms with Crippen molar-refractivity contribution in [3.8, 4) is 0 Å². The van der Waals surface area contributed by atoms with Crippen LogP contribution in [0.15, 0.2) is 54.0 Å². The number of thiophene rings is 2. The van der Waals surface area contributed by atoms with Crippen molar-refractivity contribution < 1.29 is 9.59 Å². The van der Waals surface area contributed by atoms with Crippen molar-refractivity contribution in [1.29, 1.82) is 0 Å². The molecule has 31 heavy (non-hydrogen) atoms. The highest BCUT2D eigenvalue weighted by molar-refractivity contribution is 7.17. The van der Waals surface area contributed by atoms with Gasteiger partial charge in [0.1, 0.15) is 5.00 Å². The zero-order valence-electron chi connectivity index (χ0n) is 16.7. The zero-order valence-corrected chi connectivity index (χ0v) is 18.3. The van der Waals surface area contributed by atoms with Crippen LogP contribution in [0.4, 0.5) is 5.00 Å². The molecular formula is C23H20N4O2S2. The maximum absolute atomic E-state index is 13.2. The molecule has 8 heteroatoms. The highest BCUT2D eigenvalue weighted by atomic mass is 32.1. The molecule has 4 aromatic rings. The summed E-state index contributed by atoms with van der Waals surface area (Å²) in [5, 5.41) is 13.6. The SMILES string of the molecule is O=C(Nc1sc2c(c1C(=O)c1cccs1)CCCC2)c1cn(Cc2ccccc2)nn1. The number of nitrogens with zero attached hydrogens (tertiary/aromatic N) is 3. The molecule has 5 rings (SSSR count). The van der Waals surface area contributed by atoms with E-state index in [1.54, 1.807) is 10.9 Å². The Morgan fingerprint density at radius 1 is 1.06 bits per heavy atom. The lowest BCUT2D eigenvalue weighted by molar-refractivity contribution is 0.102. The lowest BCUT2D eigenvalue weighted by atomic mass is 9.93. The lowest BCUT2D eigenvalue weighted by Crippen LogP contribution is -2.15. The van der Waals surface area contributed by atoms with Crippen molar-refractivity contribution >= 4 is 39.4 Å². The molecule has 0 unspecified atom stereocenters. The van der Waals surface area contributed by atoms with Crippen LogP contribution in [0.5, 0.6) is 0 Å². The van der Waals surface area contributed by atoms with Gasteiger partial charge in [-0.15, -0.1) is 27.8 Å². The monoisotopic (exact) mass is 448 g/mol. The van der Waals surface area contributed by atoms with Crippen molar-refractivity contribution in [1.82, 2.24) is 15.0 Å². The van der Waals surface area contributed by atoms with Crippen LogP contribution in [0.25, 0.3) is 0 Å². The summed E-state index contributed by atoms with van der Waals surface area (Å²) in [5.74, 6) is -0.365. The Morgan fingerprint density at radius 3 is 2.71 bits per heavy atom. The number of carbonyl (C=O) groups is 2. The van der Waals surface area contributed by atoms with Gasteiger partial charge in [-0.25, -0.2) is 4.68 Å². The molecule has 1 N–H and O–H groups in total. The van der Waals surface area contributed by atoms with Crippen LogP contribution in [-0.2, 0) is 19.4 Å². The average Bonchev–Trinajstić information content (AvgIpc) is 3.54. The molecule has 3 heterocycles. The Kier molecular flexibility index (Phi) is 5.48. The molecule has 0 spiro atoms. The number of fused-ring (bicyclic) bond motifs is 1. The van der Waals surface area contributed by atoms with E-state index in [-0.39, 0.29) is 17.4 Å². The summed E-state index contributed by atoms with van der Waals surface area (Å²) in [5.41, 5.74) is 3.05. The van der Waals surface area contributed by atoms with E-state index in [1.165, 1.54) is 27.6 Å². The maximum Gasteiger partial charge on any atom is 0.278 e. The van der Waals surface area contributed by atoms with Crippen LogP contribution >= 0.6 is 22.7 Å². The fourth-order valence-corrected chi connectivity index (χ4v) is 5.79. The van der Waals surface area contributed by atoms with Crippen molar-refractivity contribution in [3.63, 3.8) is 0 Å². The quantitative estimate of drug-likeness (QED) is 0.430. The highest BCUT2D eigenvalue weighted by Gasteiger charge is 2.28. The summed E-state index contributed by atoms with van der Waals surface area (Å²) >= 11 is 2.94. The number of amides is 1. The Bertz CT molecular complexity index is 1230. The number of rotatable bonds is 6. The third kappa shape index (κ3) is 4.08. The lowest BCUT2D eigenvalue weighted by Gasteiger charge is -2.12. The van der Waals surface area contributed by atoms with Gasteiger partial charge in [0.15, 0.2) is 5.69 Å². The van der Waals surface area contributed by atoms with Gasteiger partial charge in [0.25, 0.3) is 5.91 Å². The number of hydrogen-bond acceptors (Lipinski definition) is 6. The van der Waals surface area contributed by atoms with Crippen LogP contribution in [0.1, 0.15) is 54.6 Å². The molecule has 0 aliphatic heterocycles. The molecule has 0 saturated heterocycles. The maximum atomic E-state index is 13.2. The third-order valence-corrected chi connectivity index (χ3v) is 7.40. The van der Waals surface area contributed by atoms with Crippen LogP contribution in [0.2, 0.25) is 0 Å². The molecule has 156 valence electrons. The van der Waals surface area contributed by atoms with Gasteiger partial charge in [0, 0.05) is 4.88 Å². The van der Waals surface area contributed by atoms with E-state index in [0.29, 0.717) is 22.0 Å². The minimum Gasteiger partial charge on any atom is -0.311 e. The van der Waals surface area contributed by atoms with Crippen molar-refractivity contribution in [2.45, 2.75) is 32.2 Å². The van der Waals surface area contributed by atoms with Gasteiger partial charge >= 0.3 is 0 Å². The van der Waals surface area contributed by atoms with Gasteiger partial charge < -0.3 is 5.32 Å². The van der Waals surface area contributed by atoms with Gasteiger partial charge in [0.2, 0.25) is 5.78 Å². The second-order valence-electron chi connectivity index (χ2n) is 7.46. The molecule has 0 bridgehead atoms. The number of anilines is 1. The Balaban J connectivity index is 1.40. The number of aryl methyl sites for hydroxylation is 1. The number of hydrogen-bond donors (Lipinski definition) is 1. The fraction of sp³-hybridized carbons (Fsp3) is 0.217. The van der Waals surface area contributed by atoms with E-state index < -0.39 is 0 Å². The largest absolute Gasteiger partial charge is 0.311 e. The normalized spacial score (nSPS) is 13.0. The topological polar surface area (TPSA) is 76.9 Å².